The van der Waals surface area contributed by atoms with E-state index in [0.29, 0.717) is 49.3 Å². The van der Waals surface area contributed by atoms with Gasteiger partial charge in [0, 0.05) is 31.4 Å². The van der Waals surface area contributed by atoms with E-state index in [-0.39, 0.29) is 29.2 Å². The van der Waals surface area contributed by atoms with Gasteiger partial charge in [-0.2, -0.15) is 44.3 Å². The molecule has 2 atom stereocenters. The fourth-order valence-corrected chi connectivity index (χ4v) is 6.03. The van der Waals surface area contributed by atoms with Crippen LogP contribution < -0.4 is 15.1 Å². The Kier molecular flexibility index (Phi) is 8.50. The zero-order valence-electron chi connectivity index (χ0n) is 23.8. The van der Waals surface area contributed by atoms with Crippen LogP contribution in [0, 0.1) is 6.92 Å². The Labute approximate surface area is 247 Å². The number of hydrogen-bond acceptors (Lipinski definition) is 6. The SMILES string of the molecule is Cc1cc2c(cc1C(F)(F)F)N(CC1CCCN1)CCC[C@@H]2N(Cc1cc(C(F)(F)F)cc(C(F)(F)F)c1)c1nnn(C)n1. The second-order valence-electron chi connectivity index (χ2n) is 11.2. The van der Waals surface area contributed by atoms with Crippen molar-refractivity contribution in [1.29, 1.82) is 0 Å². The second-order valence-corrected chi connectivity index (χ2v) is 11.2. The van der Waals surface area contributed by atoms with E-state index >= 15 is 0 Å². The molecule has 1 N–H and O–H groups in total. The molecule has 0 radical (unpaired) electrons. The monoisotopic (exact) mass is 635 g/mol. The molecule has 240 valence electrons. The molecule has 2 aliphatic rings. The molecule has 16 heteroatoms. The summed E-state index contributed by atoms with van der Waals surface area (Å²) in [6.45, 7) is 2.45. The van der Waals surface area contributed by atoms with Crippen LogP contribution in [-0.4, -0.2) is 45.9 Å². The van der Waals surface area contributed by atoms with Gasteiger partial charge in [0.1, 0.15) is 0 Å². The average Bonchev–Trinajstić information content (AvgIpc) is 3.55. The van der Waals surface area contributed by atoms with E-state index in [1.165, 1.54) is 24.9 Å². The van der Waals surface area contributed by atoms with Crippen LogP contribution >= 0.6 is 0 Å². The van der Waals surface area contributed by atoms with E-state index in [4.69, 9.17) is 0 Å². The molecule has 0 saturated carbocycles. The number of tetrazole rings is 1. The van der Waals surface area contributed by atoms with Crippen molar-refractivity contribution in [2.24, 2.45) is 7.05 Å². The highest BCUT2D eigenvalue weighted by atomic mass is 19.4. The molecule has 0 spiro atoms. The van der Waals surface area contributed by atoms with E-state index in [0.717, 1.165) is 30.2 Å². The molecular weight excluding hydrogens is 605 g/mol. The third-order valence-corrected chi connectivity index (χ3v) is 8.02. The first kappa shape index (κ1) is 31.9. The molecule has 2 aromatic carbocycles. The topological polar surface area (TPSA) is 62.1 Å². The highest BCUT2D eigenvalue weighted by Gasteiger charge is 2.39. The molecule has 0 aliphatic carbocycles. The Morgan fingerprint density at radius 2 is 1.57 bits per heavy atom. The van der Waals surface area contributed by atoms with Crippen LogP contribution in [-0.2, 0) is 32.1 Å². The maximum Gasteiger partial charge on any atom is 0.416 e. The van der Waals surface area contributed by atoms with Gasteiger partial charge in [-0.15, -0.1) is 5.10 Å². The number of nitrogens with one attached hydrogen (secondary N) is 1. The minimum atomic E-state index is -5.06. The van der Waals surface area contributed by atoms with Gasteiger partial charge in [0.05, 0.1) is 29.8 Å². The molecule has 5 rings (SSSR count). The fourth-order valence-electron chi connectivity index (χ4n) is 6.03. The molecule has 1 fully saturated rings. The highest BCUT2D eigenvalue weighted by molar-refractivity contribution is 5.62. The quantitative estimate of drug-likeness (QED) is 0.305. The third-order valence-electron chi connectivity index (χ3n) is 8.02. The summed E-state index contributed by atoms with van der Waals surface area (Å²) in [6.07, 6.45) is -12.2. The summed E-state index contributed by atoms with van der Waals surface area (Å²) in [6, 6.07) is 3.07. The van der Waals surface area contributed by atoms with Crippen LogP contribution in [0.5, 0.6) is 0 Å². The van der Waals surface area contributed by atoms with Crippen LogP contribution in [0.15, 0.2) is 30.3 Å². The summed E-state index contributed by atoms with van der Waals surface area (Å²) in [5, 5.41) is 15.3. The lowest BCUT2D eigenvalue weighted by Crippen LogP contribution is -2.38. The first-order chi connectivity index (χ1) is 20.5. The second kappa shape index (κ2) is 11.7. The third kappa shape index (κ3) is 6.89. The van der Waals surface area contributed by atoms with Crippen molar-refractivity contribution in [2.75, 3.05) is 29.4 Å². The minimum Gasteiger partial charge on any atom is -0.370 e. The van der Waals surface area contributed by atoms with Gasteiger partial charge < -0.3 is 15.1 Å². The number of anilines is 2. The largest absolute Gasteiger partial charge is 0.416 e. The van der Waals surface area contributed by atoms with Gasteiger partial charge in [0.25, 0.3) is 5.95 Å². The summed E-state index contributed by atoms with van der Waals surface area (Å²) < 4.78 is 124. The number of aromatic nitrogens is 4. The predicted molar refractivity (Wildman–Crippen MR) is 143 cm³/mol. The lowest BCUT2D eigenvalue weighted by Gasteiger charge is -2.34. The van der Waals surface area contributed by atoms with Gasteiger partial charge in [0.15, 0.2) is 0 Å². The first-order valence-corrected chi connectivity index (χ1v) is 14.0. The molecule has 0 bridgehead atoms. The number of hydrogen-bond donors (Lipinski definition) is 1. The van der Waals surface area contributed by atoms with Crippen LogP contribution in [0.1, 0.15) is 65.1 Å². The molecular formula is C28H30F9N7. The normalized spacial score (nSPS) is 19.7. The smallest absolute Gasteiger partial charge is 0.370 e. The number of nitrogens with zero attached hydrogens (tertiary/aromatic N) is 6. The van der Waals surface area contributed by atoms with Crippen LogP contribution in [0.25, 0.3) is 0 Å². The number of benzene rings is 2. The molecule has 1 saturated heterocycles. The van der Waals surface area contributed by atoms with Crippen molar-refractivity contribution in [3.8, 4) is 0 Å². The van der Waals surface area contributed by atoms with E-state index in [2.05, 4.69) is 20.7 Å². The van der Waals surface area contributed by atoms with Crippen LogP contribution in [0.4, 0.5) is 51.1 Å². The van der Waals surface area contributed by atoms with Crippen molar-refractivity contribution in [3.63, 3.8) is 0 Å². The summed E-state index contributed by atoms with van der Waals surface area (Å²) in [4.78, 5) is 4.39. The van der Waals surface area contributed by atoms with Crippen molar-refractivity contribution < 1.29 is 39.5 Å². The predicted octanol–water partition coefficient (Wildman–Crippen LogP) is 6.68. The summed E-state index contributed by atoms with van der Waals surface area (Å²) in [7, 11) is 1.44. The van der Waals surface area contributed by atoms with Gasteiger partial charge in [-0.05, 0) is 85.3 Å². The van der Waals surface area contributed by atoms with Crippen LogP contribution in [0.2, 0.25) is 0 Å². The molecule has 3 aromatic rings. The summed E-state index contributed by atoms with van der Waals surface area (Å²) >= 11 is 0. The zero-order valence-corrected chi connectivity index (χ0v) is 23.8. The average molecular weight is 636 g/mol. The summed E-state index contributed by atoms with van der Waals surface area (Å²) in [5.74, 6) is -0.0853. The molecule has 1 unspecified atom stereocenters. The van der Waals surface area contributed by atoms with Gasteiger partial charge in [-0.1, -0.05) is 11.2 Å². The standard InChI is InChI=1S/C28H30F9N7/c1-16-9-21-23(6-4-8-43(15-20-5-3-7-38-20)24(21)13-22(16)28(35,36)37)44(25-39-41-42(2)40-25)14-17-10-18(26(29,30)31)12-19(11-17)27(32,33)34/h9-13,20,23,38H,3-8,14-15H2,1-2H3/t20?,23-/m0/s1. The van der Waals surface area contributed by atoms with E-state index in [1.807, 2.05) is 4.90 Å². The number of aryl methyl sites for hydroxylation is 2. The molecule has 2 aliphatic heterocycles. The molecule has 0 amide bonds. The van der Waals surface area contributed by atoms with Crippen molar-refractivity contribution in [1.82, 2.24) is 25.5 Å². The zero-order chi connectivity index (χ0) is 32.0. The van der Waals surface area contributed by atoms with Crippen LogP contribution in [0.3, 0.4) is 0 Å². The Hall–Kier alpha value is -3.56. The maximum atomic E-state index is 14.1. The summed E-state index contributed by atoms with van der Waals surface area (Å²) in [5.41, 5.74) is -3.41. The van der Waals surface area contributed by atoms with Crippen molar-refractivity contribution in [2.45, 2.75) is 69.8 Å². The van der Waals surface area contributed by atoms with E-state index < -0.39 is 47.8 Å². The number of alkyl halides is 9. The highest BCUT2D eigenvalue weighted by Crippen LogP contribution is 2.44. The van der Waals surface area contributed by atoms with Gasteiger partial charge in [-0.25, -0.2) is 0 Å². The first-order valence-electron chi connectivity index (χ1n) is 14.0. The number of rotatable bonds is 6. The van der Waals surface area contributed by atoms with Crippen molar-refractivity contribution >= 4 is 11.6 Å². The Bertz CT molecular complexity index is 1440. The molecule has 1 aromatic heterocycles. The molecule has 3 heterocycles. The minimum absolute atomic E-state index is 0.0479. The van der Waals surface area contributed by atoms with E-state index in [1.54, 1.807) is 0 Å². The Balaban J connectivity index is 1.64. The molecule has 7 nitrogen and oxygen atoms in total. The number of halogens is 9. The Morgan fingerprint density at radius 1 is 0.886 bits per heavy atom. The lowest BCUT2D eigenvalue weighted by molar-refractivity contribution is -0.143. The van der Waals surface area contributed by atoms with Gasteiger partial charge in [0.2, 0.25) is 0 Å². The van der Waals surface area contributed by atoms with Crippen molar-refractivity contribution in [3.05, 3.63) is 63.7 Å². The lowest BCUT2D eigenvalue weighted by atomic mass is 9.94. The van der Waals surface area contributed by atoms with Gasteiger partial charge >= 0.3 is 18.5 Å². The maximum absolute atomic E-state index is 14.1. The fraction of sp³-hybridized carbons (Fsp3) is 0.536. The number of fused-ring (bicyclic) bond motifs is 1. The molecule has 44 heavy (non-hydrogen) atoms. The van der Waals surface area contributed by atoms with E-state index in [9.17, 15) is 39.5 Å². The Morgan fingerprint density at radius 3 is 2.11 bits per heavy atom. The van der Waals surface area contributed by atoms with Gasteiger partial charge in [-0.3, -0.25) is 0 Å².